The average Bonchev–Trinajstić information content (AvgIpc) is 3.14. The lowest BCUT2D eigenvalue weighted by Crippen LogP contribution is -2.25. The molecule has 0 fully saturated rings. The molecule has 0 saturated heterocycles. The molecule has 2 aliphatic heterocycles. The fourth-order valence-electron chi connectivity index (χ4n) is 3.47. The second kappa shape index (κ2) is 6.20. The van der Waals surface area contributed by atoms with Gasteiger partial charge >= 0.3 is 0 Å². The molecule has 2 N–H and O–H groups in total. The van der Waals surface area contributed by atoms with Crippen LogP contribution in [0.25, 0.3) is 0 Å². The summed E-state index contributed by atoms with van der Waals surface area (Å²) in [5.41, 5.74) is 7.07. The summed E-state index contributed by atoms with van der Waals surface area (Å²) in [7, 11) is 0. The van der Waals surface area contributed by atoms with Gasteiger partial charge < -0.3 is 10.7 Å². The van der Waals surface area contributed by atoms with E-state index in [1.165, 1.54) is 12.8 Å². The van der Waals surface area contributed by atoms with Crippen molar-refractivity contribution in [2.24, 2.45) is 0 Å². The monoisotopic (exact) mass is 323 g/mol. The summed E-state index contributed by atoms with van der Waals surface area (Å²) in [5, 5.41) is 5.12. The van der Waals surface area contributed by atoms with E-state index in [2.05, 4.69) is 32.6 Å². The normalized spacial score (nSPS) is 18.9. The quantitative estimate of drug-likeness (QED) is 0.828. The molecule has 0 radical (unpaired) electrons. The zero-order valence-electron chi connectivity index (χ0n) is 13.7. The molecule has 1 unspecified atom stereocenters. The fraction of sp³-hybridized carbons (Fsp3) is 0.389. The summed E-state index contributed by atoms with van der Waals surface area (Å²) in [6, 6.07) is 7.82. The predicted molar refractivity (Wildman–Crippen MR) is 92.5 cm³/mol. The summed E-state index contributed by atoms with van der Waals surface area (Å²) in [5.74, 6) is 0.463. The molecule has 2 aliphatic rings. The number of unbranched alkanes of at least 4 members (excludes halogenated alkanes) is 2. The molecule has 6 heteroatoms. The highest BCUT2D eigenvalue weighted by molar-refractivity contribution is 6.05. The van der Waals surface area contributed by atoms with E-state index in [1.54, 1.807) is 6.33 Å². The Hall–Kier alpha value is -2.47. The molecule has 0 aliphatic carbocycles. The maximum absolute atomic E-state index is 12.5. The van der Waals surface area contributed by atoms with Crippen LogP contribution in [0.15, 0.2) is 30.6 Å². The van der Waals surface area contributed by atoms with Crippen LogP contribution >= 0.6 is 0 Å². The zero-order chi connectivity index (χ0) is 16.5. The van der Waals surface area contributed by atoms with Crippen LogP contribution in [-0.4, -0.2) is 27.4 Å². The van der Waals surface area contributed by atoms with Gasteiger partial charge in [0, 0.05) is 24.3 Å². The van der Waals surface area contributed by atoms with E-state index in [4.69, 9.17) is 0 Å². The van der Waals surface area contributed by atoms with Gasteiger partial charge in [-0.2, -0.15) is 0 Å². The number of benzene rings is 1. The minimum atomic E-state index is -0.352. The highest BCUT2D eigenvalue weighted by Gasteiger charge is 2.36. The van der Waals surface area contributed by atoms with Gasteiger partial charge in [0.1, 0.15) is 18.1 Å². The number of hydrogen-bond acceptors (Lipinski definition) is 5. The third kappa shape index (κ3) is 2.53. The van der Waals surface area contributed by atoms with Gasteiger partial charge in [-0.1, -0.05) is 38.0 Å². The first-order valence-electron chi connectivity index (χ1n) is 8.53. The number of rotatable bonds is 5. The molecule has 0 saturated carbocycles. The van der Waals surface area contributed by atoms with Crippen molar-refractivity contribution in [3.63, 3.8) is 0 Å². The van der Waals surface area contributed by atoms with E-state index < -0.39 is 0 Å². The van der Waals surface area contributed by atoms with E-state index in [-0.39, 0.29) is 11.8 Å². The molecular weight excluding hydrogens is 302 g/mol. The first-order chi connectivity index (χ1) is 11.8. The van der Waals surface area contributed by atoms with Gasteiger partial charge in [0.15, 0.2) is 0 Å². The summed E-state index contributed by atoms with van der Waals surface area (Å²) in [6.45, 7) is 3.91. The number of carbonyl (C=O) groups excluding carboxylic acids is 1. The number of hydrazine groups is 1. The first kappa shape index (κ1) is 15.1. The molecule has 24 heavy (non-hydrogen) atoms. The standard InChI is InChI=1S/C18H21N5O/c1-2-3-6-9-23-10-13-16(19-11-20-17(13)22-23)15-12-7-4-5-8-14(12)21-18(15)24/h4-5,7-8,11,15H,2-3,6,9-10H2,1H3,(H,21,24)(H,19,20,22). The smallest absolute Gasteiger partial charge is 0.238 e. The zero-order valence-corrected chi connectivity index (χ0v) is 13.7. The Morgan fingerprint density at radius 1 is 1.25 bits per heavy atom. The Kier molecular flexibility index (Phi) is 3.90. The number of aromatic nitrogens is 2. The molecule has 2 aromatic rings. The number of hydrogen-bond donors (Lipinski definition) is 2. The lowest BCUT2D eigenvalue weighted by atomic mass is 9.94. The second-order valence-corrected chi connectivity index (χ2v) is 6.34. The highest BCUT2D eigenvalue weighted by atomic mass is 16.2. The Morgan fingerprint density at radius 3 is 3.00 bits per heavy atom. The summed E-state index contributed by atoms with van der Waals surface area (Å²) < 4.78 is 0. The minimum absolute atomic E-state index is 0.0125. The van der Waals surface area contributed by atoms with Gasteiger partial charge in [-0.05, 0) is 18.1 Å². The van der Waals surface area contributed by atoms with E-state index >= 15 is 0 Å². The van der Waals surface area contributed by atoms with E-state index in [9.17, 15) is 4.79 Å². The first-order valence-corrected chi connectivity index (χ1v) is 8.53. The van der Waals surface area contributed by atoms with Crippen LogP contribution in [0.3, 0.4) is 0 Å². The lowest BCUT2D eigenvalue weighted by Gasteiger charge is -2.15. The van der Waals surface area contributed by atoms with Crippen LogP contribution in [0.5, 0.6) is 0 Å². The molecule has 1 atom stereocenters. The molecule has 6 nitrogen and oxygen atoms in total. The maximum atomic E-state index is 12.5. The largest absolute Gasteiger partial charge is 0.325 e. The summed E-state index contributed by atoms with van der Waals surface area (Å²) in [4.78, 5) is 21.3. The van der Waals surface area contributed by atoms with Crippen LogP contribution in [0.2, 0.25) is 0 Å². The topological polar surface area (TPSA) is 70.2 Å². The van der Waals surface area contributed by atoms with Crippen LogP contribution in [-0.2, 0) is 11.3 Å². The van der Waals surface area contributed by atoms with Crippen molar-refractivity contribution in [1.29, 1.82) is 0 Å². The minimum Gasteiger partial charge on any atom is -0.325 e. The summed E-state index contributed by atoms with van der Waals surface area (Å²) in [6.07, 6.45) is 5.11. The van der Waals surface area contributed by atoms with Gasteiger partial charge in [0.25, 0.3) is 0 Å². The van der Waals surface area contributed by atoms with Crippen LogP contribution in [0.4, 0.5) is 11.5 Å². The van der Waals surface area contributed by atoms with Crippen molar-refractivity contribution in [1.82, 2.24) is 15.0 Å². The molecule has 3 heterocycles. The van der Waals surface area contributed by atoms with Crippen LogP contribution in [0.1, 0.15) is 48.9 Å². The number of nitrogens with zero attached hydrogens (tertiary/aromatic N) is 3. The van der Waals surface area contributed by atoms with Gasteiger partial charge in [0.05, 0.1) is 5.69 Å². The second-order valence-electron chi connectivity index (χ2n) is 6.34. The predicted octanol–water partition coefficient (Wildman–Crippen LogP) is 2.89. The van der Waals surface area contributed by atoms with E-state index in [1.807, 2.05) is 24.3 Å². The Bertz CT molecular complexity index is 776. The molecule has 1 amide bonds. The average molecular weight is 323 g/mol. The van der Waals surface area contributed by atoms with Gasteiger partial charge in [-0.3, -0.25) is 4.79 Å². The molecular formula is C18H21N5O. The number of carbonyl (C=O) groups is 1. The van der Waals surface area contributed by atoms with Crippen molar-refractivity contribution in [3.8, 4) is 0 Å². The number of anilines is 2. The Labute approximate surface area is 141 Å². The van der Waals surface area contributed by atoms with Crippen molar-refractivity contribution in [2.45, 2.75) is 38.6 Å². The molecule has 1 aromatic carbocycles. The van der Waals surface area contributed by atoms with Gasteiger partial charge in [-0.25, -0.2) is 15.0 Å². The molecule has 4 rings (SSSR count). The van der Waals surface area contributed by atoms with E-state index in [0.717, 1.165) is 47.8 Å². The fourth-order valence-corrected chi connectivity index (χ4v) is 3.47. The van der Waals surface area contributed by atoms with Crippen LogP contribution in [0, 0.1) is 0 Å². The van der Waals surface area contributed by atoms with Crippen molar-refractivity contribution in [3.05, 3.63) is 47.4 Å². The number of nitrogens with one attached hydrogen (secondary N) is 2. The number of para-hydroxylation sites is 1. The number of fused-ring (bicyclic) bond motifs is 2. The third-order valence-corrected chi connectivity index (χ3v) is 4.69. The van der Waals surface area contributed by atoms with E-state index in [0.29, 0.717) is 0 Å². The molecule has 0 bridgehead atoms. The van der Waals surface area contributed by atoms with Gasteiger partial charge in [0.2, 0.25) is 5.91 Å². The van der Waals surface area contributed by atoms with Crippen molar-refractivity contribution >= 4 is 17.4 Å². The number of amides is 1. The Balaban J connectivity index is 1.63. The third-order valence-electron chi connectivity index (χ3n) is 4.69. The molecule has 124 valence electrons. The Morgan fingerprint density at radius 2 is 2.12 bits per heavy atom. The highest BCUT2D eigenvalue weighted by Crippen LogP contribution is 2.39. The van der Waals surface area contributed by atoms with Crippen molar-refractivity contribution in [2.75, 3.05) is 17.3 Å². The van der Waals surface area contributed by atoms with Gasteiger partial charge in [-0.15, -0.1) is 0 Å². The lowest BCUT2D eigenvalue weighted by molar-refractivity contribution is -0.116. The van der Waals surface area contributed by atoms with Crippen molar-refractivity contribution < 1.29 is 4.79 Å². The summed E-state index contributed by atoms with van der Waals surface area (Å²) >= 11 is 0. The van der Waals surface area contributed by atoms with Crippen LogP contribution < -0.4 is 10.7 Å². The maximum Gasteiger partial charge on any atom is 0.238 e. The SMILES string of the molecule is CCCCCN1Cc2c(ncnc2C2C(=O)Nc3ccccc32)N1. The molecule has 0 spiro atoms. The molecule has 1 aromatic heterocycles.